The summed E-state index contributed by atoms with van der Waals surface area (Å²) in [4.78, 5) is -0.226. The zero-order chi connectivity index (χ0) is 10.1. The van der Waals surface area contributed by atoms with E-state index in [9.17, 15) is 13.0 Å². The molecular formula is C8H9F2NOS. The van der Waals surface area contributed by atoms with Gasteiger partial charge in [0.2, 0.25) is 0 Å². The Labute approximate surface area is 75.6 Å². The third-order valence-corrected chi connectivity index (χ3v) is 3.51. The van der Waals surface area contributed by atoms with E-state index in [1.165, 1.54) is 6.92 Å². The van der Waals surface area contributed by atoms with Gasteiger partial charge in [-0.25, -0.2) is 17.8 Å². The van der Waals surface area contributed by atoms with Gasteiger partial charge in [-0.15, -0.1) is 0 Å². The van der Waals surface area contributed by atoms with Gasteiger partial charge < -0.3 is 0 Å². The van der Waals surface area contributed by atoms with Crippen LogP contribution in [-0.4, -0.2) is 9.96 Å². The molecule has 72 valence electrons. The molecule has 0 spiro atoms. The number of nitrogens with one attached hydrogen (secondary N) is 1. The minimum absolute atomic E-state index is 0.0234. The minimum Gasteiger partial charge on any atom is -0.249 e. The van der Waals surface area contributed by atoms with Gasteiger partial charge >= 0.3 is 0 Å². The summed E-state index contributed by atoms with van der Waals surface area (Å²) in [6, 6.07) is 2.70. The second-order valence-electron chi connectivity index (χ2n) is 2.54. The van der Waals surface area contributed by atoms with E-state index < -0.39 is 21.4 Å². The predicted molar refractivity (Wildman–Crippen MR) is 46.0 cm³/mol. The van der Waals surface area contributed by atoms with Crippen LogP contribution in [0.4, 0.5) is 8.78 Å². The van der Waals surface area contributed by atoms with E-state index in [4.69, 9.17) is 4.78 Å². The average Bonchev–Trinajstić information content (AvgIpc) is 2.03. The maximum absolute atomic E-state index is 13.0. The van der Waals surface area contributed by atoms with Crippen molar-refractivity contribution in [3.05, 3.63) is 29.8 Å². The van der Waals surface area contributed by atoms with Gasteiger partial charge in [0.15, 0.2) is 0 Å². The fourth-order valence-electron chi connectivity index (χ4n) is 0.898. The Hall–Kier alpha value is -0.970. The van der Waals surface area contributed by atoms with Crippen LogP contribution in [0.2, 0.25) is 0 Å². The SMILES string of the molecule is CC[S@@](=N)(=O)c1ccc(F)cc1F. The summed E-state index contributed by atoms with van der Waals surface area (Å²) >= 11 is 0. The molecule has 0 saturated heterocycles. The Bertz CT molecular complexity index is 414. The van der Waals surface area contributed by atoms with E-state index in [0.717, 1.165) is 12.1 Å². The van der Waals surface area contributed by atoms with Crippen LogP contribution in [0.25, 0.3) is 0 Å². The van der Waals surface area contributed by atoms with Crippen LogP contribution in [0.5, 0.6) is 0 Å². The molecular weight excluding hydrogens is 196 g/mol. The van der Waals surface area contributed by atoms with Crippen molar-refractivity contribution in [1.29, 1.82) is 4.78 Å². The molecule has 0 aliphatic rings. The van der Waals surface area contributed by atoms with Crippen LogP contribution in [0.1, 0.15) is 6.92 Å². The molecule has 0 heterocycles. The summed E-state index contributed by atoms with van der Waals surface area (Å²) in [7, 11) is -3.09. The van der Waals surface area contributed by atoms with Crippen molar-refractivity contribution in [2.24, 2.45) is 0 Å². The first-order valence-corrected chi connectivity index (χ1v) is 5.41. The summed E-state index contributed by atoms with van der Waals surface area (Å²) in [5, 5.41) is 0. The first kappa shape index (κ1) is 10.1. The third-order valence-electron chi connectivity index (χ3n) is 1.66. The molecule has 1 rings (SSSR count). The first-order valence-electron chi connectivity index (χ1n) is 3.69. The Morgan fingerprint density at radius 3 is 2.54 bits per heavy atom. The van der Waals surface area contributed by atoms with Crippen LogP contribution in [0.3, 0.4) is 0 Å². The molecule has 0 fully saturated rings. The van der Waals surface area contributed by atoms with Crippen LogP contribution in [0, 0.1) is 16.4 Å². The van der Waals surface area contributed by atoms with Crippen molar-refractivity contribution in [2.45, 2.75) is 11.8 Å². The summed E-state index contributed by atoms with van der Waals surface area (Å²) in [6.45, 7) is 1.53. The minimum atomic E-state index is -3.09. The smallest absolute Gasteiger partial charge is 0.143 e. The van der Waals surface area contributed by atoms with Gasteiger partial charge in [0, 0.05) is 11.8 Å². The third kappa shape index (κ3) is 2.03. The zero-order valence-corrected chi connectivity index (χ0v) is 7.83. The molecule has 5 heteroatoms. The fraction of sp³-hybridized carbons (Fsp3) is 0.250. The summed E-state index contributed by atoms with van der Waals surface area (Å²) in [6.07, 6.45) is 0. The second kappa shape index (κ2) is 3.41. The van der Waals surface area contributed by atoms with Crippen molar-refractivity contribution >= 4 is 9.73 Å². The lowest BCUT2D eigenvalue weighted by molar-refractivity contribution is 0.561. The van der Waals surface area contributed by atoms with Crippen molar-refractivity contribution in [3.63, 3.8) is 0 Å². The topological polar surface area (TPSA) is 40.9 Å². The van der Waals surface area contributed by atoms with E-state index in [0.29, 0.717) is 6.07 Å². The monoisotopic (exact) mass is 205 g/mol. The molecule has 0 saturated carbocycles. The Balaban J connectivity index is 3.33. The largest absolute Gasteiger partial charge is 0.249 e. The van der Waals surface area contributed by atoms with E-state index in [-0.39, 0.29) is 10.6 Å². The van der Waals surface area contributed by atoms with Crippen LogP contribution >= 0.6 is 0 Å². The van der Waals surface area contributed by atoms with Crippen LogP contribution in [-0.2, 0) is 9.73 Å². The van der Waals surface area contributed by atoms with Gasteiger partial charge in [0.25, 0.3) is 0 Å². The molecule has 0 aromatic heterocycles. The number of benzene rings is 1. The van der Waals surface area contributed by atoms with Crippen molar-refractivity contribution in [1.82, 2.24) is 0 Å². The number of rotatable bonds is 2. The summed E-state index contributed by atoms with van der Waals surface area (Å²) < 4.78 is 44.1. The fourth-order valence-corrected chi connectivity index (χ4v) is 1.87. The zero-order valence-electron chi connectivity index (χ0n) is 7.01. The van der Waals surface area contributed by atoms with Crippen molar-refractivity contribution in [3.8, 4) is 0 Å². The van der Waals surface area contributed by atoms with Crippen LogP contribution in [0.15, 0.2) is 23.1 Å². The highest BCUT2D eigenvalue weighted by Gasteiger charge is 2.13. The molecule has 0 unspecified atom stereocenters. The highest BCUT2D eigenvalue weighted by molar-refractivity contribution is 7.92. The molecule has 1 aromatic rings. The molecule has 0 aliphatic carbocycles. The van der Waals surface area contributed by atoms with Gasteiger partial charge in [0.1, 0.15) is 11.6 Å². The Morgan fingerprint density at radius 2 is 2.08 bits per heavy atom. The van der Waals surface area contributed by atoms with Gasteiger partial charge in [0.05, 0.1) is 14.6 Å². The normalized spacial score (nSPS) is 15.3. The second-order valence-corrected chi connectivity index (χ2v) is 4.91. The lowest BCUT2D eigenvalue weighted by atomic mass is 10.3. The first-order chi connectivity index (χ1) is 5.97. The highest BCUT2D eigenvalue weighted by atomic mass is 32.2. The molecule has 1 atom stereocenters. The average molecular weight is 205 g/mol. The summed E-state index contributed by atoms with van der Waals surface area (Å²) in [5.41, 5.74) is 0. The molecule has 0 amide bonds. The molecule has 0 radical (unpaired) electrons. The van der Waals surface area contributed by atoms with Gasteiger partial charge in [-0.1, -0.05) is 6.92 Å². The number of halogens is 2. The molecule has 0 bridgehead atoms. The highest BCUT2D eigenvalue weighted by Crippen LogP contribution is 2.17. The Kier molecular flexibility index (Phi) is 2.66. The molecule has 2 nitrogen and oxygen atoms in total. The number of hydrogen-bond donors (Lipinski definition) is 1. The molecule has 0 aliphatic heterocycles. The maximum atomic E-state index is 13.0. The van der Waals surface area contributed by atoms with Gasteiger partial charge in [-0.2, -0.15) is 0 Å². The lowest BCUT2D eigenvalue weighted by Gasteiger charge is -2.05. The quantitative estimate of drug-likeness (QED) is 0.791. The maximum Gasteiger partial charge on any atom is 0.143 e. The molecule has 1 N–H and O–H groups in total. The standard InChI is InChI=1S/C8H9F2NOS/c1-2-13(11,12)8-4-3-6(9)5-7(8)10/h3-5,11H,2H2,1H3/t13-/m1/s1. The number of hydrogen-bond acceptors (Lipinski definition) is 2. The lowest BCUT2D eigenvalue weighted by Crippen LogP contribution is -2.04. The van der Waals surface area contributed by atoms with Gasteiger partial charge in [-0.3, -0.25) is 0 Å². The molecule has 1 aromatic carbocycles. The van der Waals surface area contributed by atoms with E-state index in [1.807, 2.05) is 0 Å². The van der Waals surface area contributed by atoms with Crippen LogP contribution < -0.4 is 0 Å². The van der Waals surface area contributed by atoms with Crippen molar-refractivity contribution in [2.75, 3.05) is 5.75 Å². The van der Waals surface area contributed by atoms with Crippen molar-refractivity contribution < 1.29 is 13.0 Å². The van der Waals surface area contributed by atoms with E-state index in [2.05, 4.69) is 0 Å². The van der Waals surface area contributed by atoms with Gasteiger partial charge in [-0.05, 0) is 12.1 Å². The van der Waals surface area contributed by atoms with E-state index in [1.54, 1.807) is 0 Å². The summed E-state index contributed by atoms with van der Waals surface area (Å²) in [5.74, 6) is -1.62. The predicted octanol–water partition coefficient (Wildman–Crippen LogP) is 2.39. The Morgan fingerprint density at radius 1 is 1.46 bits per heavy atom. The van der Waals surface area contributed by atoms with E-state index >= 15 is 0 Å². The molecule has 13 heavy (non-hydrogen) atoms.